The van der Waals surface area contributed by atoms with Crippen LogP contribution in [0.3, 0.4) is 0 Å². The molecule has 2 heterocycles. The first kappa shape index (κ1) is 12.5. The van der Waals surface area contributed by atoms with Gasteiger partial charge in [0.05, 0.1) is 12.9 Å². The SMILES string of the molecule is Cn1cnc2c(ncn2OC(CO)C(N)O)c1=O. The van der Waals surface area contributed by atoms with E-state index in [1.807, 2.05) is 0 Å². The van der Waals surface area contributed by atoms with E-state index < -0.39 is 18.9 Å². The Balaban J connectivity index is 2.41. The molecule has 98 valence electrons. The van der Waals surface area contributed by atoms with Crippen LogP contribution in [-0.4, -0.2) is 48.4 Å². The molecule has 0 aliphatic heterocycles. The minimum absolute atomic E-state index is 0.128. The third kappa shape index (κ3) is 2.06. The summed E-state index contributed by atoms with van der Waals surface area (Å²) in [5, 5.41) is 18.1. The van der Waals surface area contributed by atoms with Crippen molar-refractivity contribution in [3.63, 3.8) is 0 Å². The van der Waals surface area contributed by atoms with Gasteiger partial charge in [0.2, 0.25) is 5.65 Å². The number of rotatable bonds is 4. The summed E-state index contributed by atoms with van der Waals surface area (Å²) in [7, 11) is 1.55. The summed E-state index contributed by atoms with van der Waals surface area (Å²) in [5.74, 6) is 0. The number of imidazole rings is 1. The molecule has 0 amide bonds. The fourth-order valence-corrected chi connectivity index (χ4v) is 1.38. The molecule has 0 aliphatic rings. The second-order valence-electron chi connectivity index (χ2n) is 3.72. The third-order valence-corrected chi connectivity index (χ3v) is 2.40. The Kier molecular flexibility index (Phi) is 3.28. The van der Waals surface area contributed by atoms with Crippen LogP contribution in [0, 0.1) is 0 Å². The zero-order valence-electron chi connectivity index (χ0n) is 9.59. The van der Waals surface area contributed by atoms with E-state index in [0.717, 1.165) is 4.73 Å². The molecule has 2 aromatic heterocycles. The maximum absolute atomic E-state index is 11.7. The van der Waals surface area contributed by atoms with E-state index in [1.165, 1.54) is 17.2 Å². The lowest BCUT2D eigenvalue weighted by atomic mass is 10.3. The lowest BCUT2D eigenvalue weighted by Gasteiger charge is -2.18. The molecule has 2 unspecified atom stereocenters. The monoisotopic (exact) mass is 255 g/mol. The summed E-state index contributed by atoms with van der Waals surface area (Å²) in [6, 6.07) is 0. The van der Waals surface area contributed by atoms with Gasteiger partial charge in [0.25, 0.3) is 5.56 Å². The van der Waals surface area contributed by atoms with Crippen LogP contribution in [0.25, 0.3) is 11.2 Å². The minimum atomic E-state index is -1.36. The highest BCUT2D eigenvalue weighted by Crippen LogP contribution is 2.04. The molecule has 0 radical (unpaired) electrons. The Morgan fingerprint density at radius 1 is 1.50 bits per heavy atom. The summed E-state index contributed by atoms with van der Waals surface area (Å²) < 4.78 is 2.37. The minimum Gasteiger partial charge on any atom is -0.401 e. The average Bonchev–Trinajstić information content (AvgIpc) is 2.74. The molecule has 2 atom stereocenters. The molecule has 0 aromatic carbocycles. The van der Waals surface area contributed by atoms with Crippen molar-refractivity contribution in [1.29, 1.82) is 0 Å². The van der Waals surface area contributed by atoms with E-state index in [2.05, 4.69) is 9.97 Å². The topological polar surface area (TPSA) is 128 Å². The van der Waals surface area contributed by atoms with Crippen LogP contribution in [0.15, 0.2) is 17.4 Å². The zero-order valence-corrected chi connectivity index (χ0v) is 9.59. The maximum atomic E-state index is 11.7. The van der Waals surface area contributed by atoms with Gasteiger partial charge in [-0.05, 0) is 0 Å². The van der Waals surface area contributed by atoms with Crippen molar-refractivity contribution in [2.75, 3.05) is 6.61 Å². The van der Waals surface area contributed by atoms with Crippen molar-refractivity contribution < 1.29 is 15.1 Å². The summed E-state index contributed by atoms with van der Waals surface area (Å²) in [4.78, 5) is 24.7. The smallest absolute Gasteiger partial charge is 0.281 e. The standard InChI is InChI=1S/C9H13N5O4/c1-13-3-12-8-6(9(13)17)11-4-14(8)18-5(2-15)7(10)16/h3-5,7,15-16H,2,10H2,1H3. The van der Waals surface area contributed by atoms with Gasteiger partial charge in [-0.3, -0.25) is 4.79 Å². The van der Waals surface area contributed by atoms with Crippen LogP contribution in [0.4, 0.5) is 0 Å². The Hall–Kier alpha value is -1.97. The van der Waals surface area contributed by atoms with E-state index in [-0.39, 0.29) is 16.7 Å². The van der Waals surface area contributed by atoms with Crippen LogP contribution < -0.4 is 16.1 Å². The molecule has 4 N–H and O–H groups in total. The number of nitrogens with zero attached hydrogens (tertiary/aromatic N) is 4. The van der Waals surface area contributed by atoms with Gasteiger partial charge >= 0.3 is 0 Å². The van der Waals surface area contributed by atoms with Gasteiger partial charge in [0.1, 0.15) is 12.6 Å². The van der Waals surface area contributed by atoms with Crippen LogP contribution in [0.2, 0.25) is 0 Å². The number of hydrogen-bond donors (Lipinski definition) is 3. The number of aryl methyl sites for hydroxylation is 1. The van der Waals surface area contributed by atoms with E-state index >= 15 is 0 Å². The van der Waals surface area contributed by atoms with Crippen molar-refractivity contribution in [3.8, 4) is 0 Å². The van der Waals surface area contributed by atoms with E-state index in [9.17, 15) is 4.79 Å². The van der Waals surface area contributed by atoms with Gasteiger partial charge in [0.15, 0.2) is 11.6 Å². The molecular weight excluding hydrogens is 242 g/mol. The molecule has 0 bridgehead atoms. The van der Waals surface area contributed by atoms with Gasteiger partial charge in [0, 0.05) is 7.05 Å². The van der Waals surface area contributed by atoms with Crippen LogP contribution in [0.1, 0.15) is 0 Å². The Morgan fingerprint density at radius 3 is 2.83 bits per heavy atom. The quantitative estimate of drug-likeness (QED) is 0.503. The second-order valence-corrected chi connectivity index (χ2v) is 3.72. The van der Waals surface area contributed by atoms with Gasteiger partial charge in [-0.2, -0.15) is 4.73 Å². The normalized spacial score (nSPS) is 14.7. The number of aliphatic hydroxyl groups is 2. The van der Waals surface area contributed by atoms with E-state index in [1.54, 1.807) is 7.05 Å². The highest BCUT2D eigenvalue weighted by molar-refractivity contribution is 5.68. The average molecular weight is 255 g/mol. The predicted molar refractivity (Wildman–Crippen MR) is 60.4 cm³/mol. The molecule has 9 heteroatoms. The third-order valence-electron chi connectivity index (χ3n) is 2.40. The number of nitrogens with two attached hydrogens (primary N) is 1. The van der Waals surface area contributed by atoms with Crippen molar-refractivity contribution in [3.05, 3.63) is 23.0 Å². The molecule has 0 saturated heterocycles. The first-order chi connectivity index (χ1) is 8.54. The highest BCUT2D eigenvalue weighted by atomic mass is 16.7. The highest BCUT2D eigenvalue weighted by Gasteiger charge is 2.19. The molecule has 0 aliphatic carbocycles. The molecule has 9 nitrogen and oxygen atoms in total. The number of fused-ring (bicyclic) bond motifs is 1. The van der Waals surface area contributed by atoms with Crippen LogP contribution in [0.5, 0.6) is 0 Å². The summed E-state index contributed by atoms with van der Waals surface area (Å²) in [6.07, 6.45) is 0.149. The second kappa shape index (κ2) is 4.72. The first-order valence-electron chi connectivity index (χ1n) is 5.15. The summed E-state index contributed by atoms with van der Waals surface area (Å²) >= 11 is 0. The predicted octanol–water partition coefficient (Wildman–Crippen LogP) is -2.80. The number of aromatic nitrogens is 4. The summed E-state index contributed by atoms with van der Waals surface area (Å²) in [5.41, 5.74) is 5.21. The molecule has 0 fully saturated rings. The lowest BCUT2D eigenvalue weighted by molar-refractivity contribution is -0.0631. The first-order valence-corrected chi connectivity index (χ1v) is 5.15. The lowest BCUT2D eigenvalue weighted by Crippen LogP contribution is -2.44. The van der Waals surface area contributed by atoms with Gasteiger partial charge in [-0.1, -0.05) is 0 Å². The van der Waals surface area contributed by atoms with E-state index in [4.69, 9.17) is 20.8 Å². The number of hydrogen-bond acceptors (Lipinski definition) is 7. The van der Waals surface area contributed by atoms with Gasteiger partial charge in [-0.25, -0.2) is 9.97 Å². The maximum Gasteiger partial charge on any atom is 0.281 e. The van der Waals surface area contributed by atoms with Gasteiger partial charge < -0.3 is 25.4 Å². The Morgan fingerprint density at radius 2 is 2.22 bits per heavy atom. The van der Waals surface area contributed by atoms with Crippen LogP contribution in [-0.2, 0) is 7.05 Å². The fraction of sp³-hybridized carbons (Fsp3) is 0.444. The van der Waals surface area contributed by atoms with Crippen LogP contribution >= 0.6 is 0 Å². The fourth-order valence-electron chi connectivity index (χ4n) is 1.38. The summed E-state index contributed by atoms with van der Waals surface area (Å²) in [6.45, 7) is -0.484. The van der Waals surface area contributed by atoms with E-state index in [0.29, 0.717) is 0 Å². The molecular formula is C9H13N5O4. The Labute approximate surface area is 101 Å². The molecule has 2 rings (SSSR count). The zero-order chi connectivity index (χ0) is 13.3. The molecule has 2 aromatic rings. The molecule has 0 saturated carbocycles. The Bertz CT molecular complexity index is 605. The van der Waals surface area contributed by atoms with Crippen molar-refractivity contribution in [2.24, 2.45) is 12.8 Å². The number of aliphatic hydroxyl groups excluding tert-OH is 2. The molecule has 0 spiro atoms. The van der Waals surface area contributed by atoms with Crippen molar-refractivity contribution in [2.45, 2.75) is 12.3 Å². The van der Waals surface area contributed by atoms with Crippen molar-refractivity contribution >= 4 is 11.2 Å². The van der Waals surface area contributed by atoms with Crippen molar-refractivity contribution in [1.82, 2.24) is 19.3 Å². The van der Waals surface area contributed by atoms with Gasteiger partial charge in [-0.15, -0.1) is 0 Å². The molecule has 18 heavy (non-hydrogen) atoms. The largest absolute Gasteiger partial charge is 0.401 e.